The Kier molecular flexibility index (Phi) is 3.58. The molecule has 1 aromatic carbocycles. The molecule has 2 heterocycles. The minimum atomic E-state index is 0.608. The van der Waals surface area contributed by atoms with Gasteiger partial charge < -0.3 is 9.88 Å². The van der Waals surface area contributed by atoms with Crippen molar-refractivity contribution in [1.29, 1.82) is 0 Å². The van der Waals surface area contributed by atoms with Gasteiger partial charge in [-0.05, 0) is 50.4 Å². The fourth-order valence-electron chi connectivity index (χ4n) is 2.72. The molecule has 1 unspecified atom stereocenters. The van der Waals surface area contributed by atoms with Crippen molar-refractivity contribution in [1.82, 2.24) is 14.9 Å². The Hall–Kier alpha value is -1.32. The maximum Gasteiger partial charge on any atom is 0.110 e. The predicted octanol–water partition coefficient (Wildman–Crippen LogP) is 3.13. The van der Waals surface area contributed by atoms with Gasteiger partial charge in [0.05, 0.1) is 10.7 Å². The quantitative estimate of drug-likeness (QED) is 0.933. The number of aromatic nitrogens is 2. The first-order chi connectivity index (χ1) is 9.24. The second-order valence-electron chi connectivity index (χ2n) is 5.13. The summed E-state index contributed by atoms with van der Waals surface area (Å²) in [5.41, 5.74) is 2.30. The van der Waals surface area contributed by atoms with E-state index in [2.05, 4.69) is 28.5 Å². The molecular formula is C15H18ClN3. The van der Waals surface area contributed by atoms with Gasteiger partial charge in [-0.2, -0.15) is 0 Å². The Morgan fingerprint density at radius 2 is 2.37 bits per heavy atom. The zero-order chi connectivity index (χ0) is 13.2. The number of benzene rings is 1. The lowest BCUT2D eigenvalue weighted by Gasteiger charge is -2.13. The number of hydrogen-bond donors (Lipinski definition) is 1. The van der Waals surface area contributed by atoms with Crippen LogP contribution in [-0.2, 0) is 6.42 Å². The summed E-state index contributed by atoms with van der Waals surface area (Å²) in [6.45, 7) is 3.12. The van der Waals surface area contributed by atoms with Crippen LogP contribution in [0.3, 0.4) is 0 Å². The molecule has 3 nitrogen and oxygen atoms in total. The van der Waals surface area contributed by atoms with E-state index in [4.69, 9.17) is 11.6 Å². The van der Waals surface area contributed by atoms with Crippen LogP contribution in [0, 0.1) is 6.92 Å². The Labute approximate surface area is 118 Å². The standard InChI is InChI=1S/C15H18ClN3/c1-11-17-7-8-19(11)15-5-4-12(10-14(15)16)9-13-3-2-6-18-13/h4-5,7-8,10,13,18H,2-3,6,9H2,1H3. The van der Waals surface area contributed by atoms with Gasteiger partial charge in [0.2, 0.25) is 0 Å². The topological polar surface area (TPSA) is 29.9 Å². The Bertz CT molecular complexity index is 571. The van der Waals surface area contributed by atoms with E-state index in [-0.39, 0.29) is 0 Å². The van der Waals surface area contributed by atoms with E-state index in [9.17, 15) is 0 Å². The molecule has 0 radical (unpaired) electrons. The molecule has 0 spiro atoms. The van der Waals surface area contributed by atoms with Crippen molar-refractivity contribution in [3.63, 3.8) is 0 Å². The average Bonchev–Trinajstić information content (AvgIpc) is 3.02. The first-order valence-electron chi connectivity index (χ1n) is 6.76. The molecule has 0 bridgehead atoms. The summed E-state index contributed by atoms with van der Waals surface area (Å²) in [5, 5.41) is 4.31. The molecular weight excluding hydrogens is 258 g/mol. The zero-order valence-electron chi connectivity index (χ0n) is 11.1. The van der Waals surface area contributed by atoms with Gasteiger partial charge in [0.1, 0.15) is 5.82 Å². The Morgan fingerprint density at radius 1 is 1.47 bits per heavy atom. The summed E-state index contributed by atoms with van der Waals surface area (Å²) in [7, 11) is 0. The normalized spacial score (nSPS) is 18.9. The molecule has 19 heavy (non-hydrogen) atoms. The van der Waals surface area contributed by atoms with E-state index >= 15 is 0 Å². The highest BCUT2D eigenvalue weighted by Crippen LogP contribution is 2.24. The van der Waals surface area contributed by atoms with Crippen LogP contribution < -0.4 is 5.32 Å². The molecule has 1 aromatic heterocycles. The number of aryl methyl sites for hydroxylation is 1. The van der Waals surface area contributed by atoms with Gasteiger partial charge in [-0.15, -0.1) is 0 Å². The highest BCUT2D eigenvalue weighted by molar-refractivity contribution is 6.32. The molecule has 1 saturated heterocycles. The Morgan fingerprint density at radius 3 is 3.00 bits per heavy atom. The molecule has 1 fully saturated rings. The second kappa shape index (κ2) is 5.35. The number of imidazole rings is 1. The van der Waals surface area contributed by atoms with E-state index in [0.717, 1.165) is 29.5 Å². The van der Waals surface area contributed by atoms with Crippen LogP contribution in [0.1, 0.15) is 24.2 Å². The van der Waals surface area contributed by atoms with Crippen LogP contribution in [0.5, 0.6) is 0 Å². The van der Waals surface area contributed by atoms with Crippen molar-refractivity contribution in [2.45, 2.75) is 32.2 Å². The summed E-state index contributed by atoms with van der Waals surface area (Å²) >= 11 is 6.41. The number of nitrogens with one attached hydrogen (secondary N) is 1. The lowest BCUT2D eigenvalue weighted by atomic mass is 10.0. The molecule has 0 saturated carbocycles. The van der Waals surface area contributed by atoms with Gasteiger partial charge in [0.15, 0.2) is 0 Å². The third-order valence-electron chi connectivity index (χ3n) is 3.74. The molecule has 1 atom stereocenters. The van der Waals surface area contributed by atoms with Crippen LogP contribution in [0.2, 0.25) is 5.02 Å². The van der Waals surface area contributed by atoms with E-state index in [1.54, 1.807) is 6.20 Å². The lowest BCUT2D eigenvalue weighted by molar-refractivity contribution is 0.603. The SMILES string of the molecule is Cc1nccn1-c1ccc(CC2CCCN2)cc1Cl. The van der Waals surface area contributed by atoms with Crippen molar-refractivity contribution in [2.24, 2.45) is 0 Å². The van der Waals surface area contributed by atoms with Crippen molar-refractivity contribution in [3.8, 4) is 5.69 Å². The first-order valence-corrected chi connectivity index (χ1v) is 7.14. The van der Waals surface area contributed by atoms with E-state index in [0.29, 0.717) is 6.04 Å². The van der Waals surface area contributed by atoms with Gasteiger partial charge in [-0.3, -0.25) is 0 Å². The van der Waals surface area contributed by atoms with Crippen LogP contribution in [0.25, 0.3) is 5.69 Å². The maximum absolute atomic E-state index is 6.41. The van der Waals surface area contributed by atoms with Gasteiger partial charge in [0.25, 0.3) is 0 Å². The number of nitrogens with zero attached hydrogens (tertiary/aromatic N) is 2. The molecule has 3 rings (SSSR count). The summed E-state index contributed by atoms with van der Waals surface area (Å²) in [4.78, 5) is 4.23. The molecule has 1 aliphatic rings. The van der Waals surface area contributed by atoms with E-state index < -0.39 is 0 Å². The lowest BCUT2D eigenvalue weighted by Crippen LogP contribution is -2.23. The fraction of sp³-hybridized carbons (Fsp3) is 0.400. The molecule has 0 aliphatic carbocycles. The first kappa shape index (κ1) is 12.7. The van der Waals surface area contributed by atoms with Crippen LogP contribution >= 0.6 is 11.6 Å². The highest BCUT2D eigenvalue weighted by atomic mass is 35.5. The highest BCUT2D eigenvalue weighted by Gasteiger charge is 2.15. The predicted molar refractivity (Wildman–Crippen MR) is 78.0 cm³/mol. The fourth-order valence-corrected chi connectivity index (χ4v) is 3.01. The summed E-state index contributed by atoms with van der Waals surface area (Å²) < 4.78 is 2.01. The molecule has 1 N–H and O–H groups in total. The average molecular weight is 276 g/mol. The van der Waals surface area contributed by atoms with Crippen LogP contribution in [0.4, 0.5) is 0 Å². The van der Waals surface area contributed by atoms with Crippen molar-refractivity contribution >= 4 is 11.6 Å². The third kappa shape index (κ3) is 2.67. The van der Waals surface area contributed by atoms with E-state index in [1.165, 1.54) is 18.4 Å². The monoisotopic (exact) mass is 275 g/mol. The van der Waals surface area contributed by atoms with Crippen LogP contribution in [-0.4, -0.2) is 22.1 Å². The Balaban J connectivity index is 1.83. The molecule has 100 valence electrons. The maximum atomic E-state index is 6.41. The van der Waals surface area contributed by atoms with Gasteiger partial charge in [-0.1, -0.05) is 17.7 Å². The molecule has 4 heteroatoms. The van der Waals surface area contributed by atoms with Crippen molar-refractivity contribution in [3.05, 3.63) is 47.0 Å². The van der Waals surface area contributed by atoms with Gasteiger partial charge >= 0.3 is 0 Å². The summed E-state index contributed by atoms with van der Waals surface area (Å²) in [5.74, 6) is 0.951. The smallest absolute Gasteiger partial charge is 0.110 e. The van der Waals surface area contributed by atoms with Crippen LogP contribution in [0.15, 0.2) is 30.6 Å². The largest absolute Gasteiger partial charge is 0.314 e. The number of rotatable bonds is 3. The third-order valence-corrected chi connectivity index (χ3v) is 4.04. The number of halogens is 1. The molecule has 0 amide bonds. The van der Waals surface area contributed by atoms with Crippen molar-refractivity contribution in [2.75, 3.05) is 6.54 Å². The van der Waals surface area contributed by atoms with Gasteiger partial charge in [0, 0.05) is 18.4 Å². The van der Waals surface area contributed by atoms with E-state index in [1.807, 2.05) is 17.7 Å². The van der Waals surface area contributed by atoms with Gasteiger partial charge in [-0.25, -0.2) is 4.98 Å². The summed E-state index contributed by atoms with van der Waals surface area (Å²) in [6, 6.07) is 6.94. The minimum Gasteiger partial charge on any atom is -0.314 e. The van der Waals surface area contributed by atoms with Crippen molar-refractivity contribution < 1.29 is 0 Å². The molecule has 2 aromatic rings. The summed E-state index contributed by atoms with van der Waals surface area (Å²) in [6.07, 6.45) is 7.34. The zero-order valence-corrected chi connectivity index (χ0v) is 11.8. The minimum absolute atomic E-state index is 0.608. The number of hydrogen-bond acceptors (Lipinski definition) is 2. The second-order valence-corrected chi connectivity index (χ2v) is 5.53. The molecule has 1 aliphatic heterocycles.